The number of rotatable bonds is 6. The third-order valence-electron chi connectivity index (χ3n) is 5.67. The Morgan fingerprint density at radius 1 is 1.20 bits per heavy atom. The van der Waals surface area contributed by atoms with Gasteiger partial charge in [0.1, 0.15) is 0 Å². The fourth-order valence-electron chi connectivity index (χ4n) is 4.24. The van der Waals surface area contributed by atoms with E-state index in [9.17, 15) is 0 Å². The largest absolute Gasteiger partial charge is 0.378 e. The lowest BCUT2D eigenvalue weighted by molar-refractivity contribution is -0.106. The molecular weight excluding hydrogens is 250 g/mol. The first-order valence-corrected chi connectivity index (χ1v) is 8.69. The highest BCUT2D eigenvalue weighted by molar-refractivity contribution is 4.97. The first-order valence-electron chi connectivity index (χ1n) is 8.69. The minimum Gasteiger partial charge on any atom is -0.378 e. The van der Waals surface area contributed by atoms with Gasteiger partial charge in [-0.05, 0) is 56.4 Å². The molecule has 3 nitrogen and oxygen atoms in total. The van der Waals surface area contributed by atoms with E-state index in [2.05, 4.69) is 19.2 Å². The topological polar surface area (TPSA) is 30.5 Å². The van der Waals surface area contributed by atoms with Crippen LogP contribution < -0.4 is 5.32 Å². The van der Waals surface area contributed by atoms with E-state index in [4.69, 9.17) is 9.47 Å². The third kappa shape index (κ3) is 3.20. The Kier molecular flexibility index (Phi) is 4.68. The van der Waals surface area contributed by atoms with E-state index in [1.54, 1.807) is 0 Å². The van der Waals surface area contributed by atoms with Crippen LogP contribution in [0.3, 0.4) is 0 Å². The summed E-state index contributed by atoms with van der Waals surface area (Å²) in [7, 11) is 0. The Morgan fingerprint density at radius 3 is 2.70 bits per heavy atom. The van der Waals surface area contributed by atoms with Gasteiger partial charge in [-0.2, -0.15) is 0 Å². The summed E-state index contributed by atoms with van der Waals surface area (Å²) in [6.07, 6.45) is 7.64. The number of ether oxygens (including phenoxy) is 2. The van der Waals surface area contributed by atoms with Crippen LogP contribution in [0.4, 0.5) is 0 Å². The van der Waals surface area contributed by atoms with Crippen LogP contribution in [0.5, 0.6) is 0 Å². The van der Waals surface area contributed by atoms with Crippen molar-refractivity contribution in [2.24, 2.45) is 17.8 Å². The fraction of sp³-hybridized carbons (Fsp3) is 1.00. The van der Waals surface area contributed by atoms with Crippen molar-refractivity contribution in [2.75, 3.05) is 26.4 Å². The normalized spacial score (nSPS) is 37.2. The van der Waals surface area contributed by atoms with Crippen LogP contribution in [0.15, 0.2) is 0 Å². The van der Waals surface area contributed by atoms with Crippen LogP contribution in [0.25, 0.3) is 0 Å². The molecule has 2 aliphatic heterocycles. The molecule has 1 saturated carbocycles. The predicted molar refractivity (Wildman–Crippen MR) is 80.8 cm³/mol. The van der Waals surface area contributed by atoms with Gasteiger partial charge in [-0.1, -0.05) is 13.8 Å². The molecule has 1 spiro atoms. The summed E-state index contributed by atoms with van der Waals surface area (Å²) in [4.78, 5) is 0. The van der Waals surface area contributed by atoms with E-state index < -0.39 is 0 Å². The van der Waals surface area contributed by atoms with Crippen molar-refractivity contribution >= 4 is 0 Å². The van der Waals surface area contributed by atoms with Crippen molar-refractivity contribution in [3.05, 3.63) is 0 Å². The molecule has 1 N–H and O–H groups in total. The average molecular weight is 281 g/mol. The molecule has 2 heterocycles. The number of hydrogen-bond acceptors (Lipinski definition) is 3. The molecule has 2 saturated heterocycles. The van der Waals surface area contributed by atoms with Gasteiger partial charge in [0.25, 0.3) is 0 Å². The summed E-state index contributed by atoms with van der Waals surface area (Å²) >= 11 is 0. The third-order valence-corrected chi connectivity index (χ3v) is 5.67. The van der Waals surface area contributed by atoms with Gasteiger partial charge in [0, 0.05) is 25.7 Å². The van der Waals surface area contributed by atoms with Crippen LogP contribution in [0.1, 0.15) is 52.4 Å². The van der Waals surface area contributed by atoms with Crippen LogP contribution in [-0.2, 0) is 9.47 Å². The van der Waals surface area contributed by atoms with E-state index in [0.717, 1.165) is 50.5 Å². The molecule has 20 heavy (non-hydrogen) atoms. The highest BCUT2D eigenvalue weighted by atomic mass is 16.6. The zero-order valence-electron chi connectivity index (χ0n) is 13.2. The zero-order chi connectivity index (χ0) is 14.0. The van der Waals surface area contributed by atoms with Gasteiger partial charge in [-0.3, -0.25) is 0 Å². The van der Waals surface area contributed by atoms with Gasteiger partial charge >= 0.3 is 0 Å². The molecule has 3 aliphatic rings. The lowest BCUT2D eigenvalue weighted by atomic mass is 9.76. The molecule has 4 unspecified atom stereocenters. The quantitative estimate of drug-likeness (QED) is 0.812. The fourth-order valence-corrected chi connectivity index (χ4v) is 4.24. The molecule has 4 atom stereocenters. The molecular formula is C17H31NO2. The second-order valence-electron chi connectivity index (χ2n) is 7.26. The van der Waals surface area contributed by atoms with Gasteiger partial charge in [0.2, 0.25) is 0 Å². The van der Waals surface area contributed by atoms with Crippen LogP contribution >= 0.6 is 0 Å². The molecule has 0 amide bonds. The molecule has 0 aromatic carbocycles. The van der Waals surface area contributed by atoms with Crippen LogP contribution in [0, 0.1) is 17.8 Å². The summed E-state index contributed by atoms with van der Waals surface area (Å²) < 4.78 is 11.7. The van der Waals surface area contributed by atoms with E-state index in [-0.39, 0.29) is 5.60 Å². The lowest BCUT2D eigenvalue weighted by Crippen LogP contribution is -2.50. The molecule has 3 heteroatoms. The predicted octanol–water partition coefficient (Wildman–Crippen LogP) is 2.99. The molecule has 0 aromatic rings. The Labute approximate surface area is 123 Å². The second kappa shape index (κ2) is 6.33. The summed E-state index contributed by atoms with van der Waals surface area (Å²) in [5, 5.41) is 3.87. The van der Waals surface area contributed by atoms with Crippen molar-refractivity contribution in [2.45, 2.75) is 64.0 Å². The molecule has 0 aromatic heterocycles. The monoisotopic (exact) mass is 281 g/mol. The van der Waals surface area contributed by atoms with Crippen molar-refractivity contribution in [3.63, 3.8) is 0 Å². The van der Waals surface area contributed by atoms with Crippen molar-refractivity contribution < 1.29 is 9.47 Å². The maximum atomic E-state index is 6.11. The van der Waals surface area contributed by atoms with Crippen molar-refractivity contribution in [1.29, 1.82) is 0 Å². The van der Waals surface area contributed by atoms with E-state index in [1.165, 1.54) is 32.1 Å². The Balaban J connectivity index is 1.65. The standard InChI is InChI=1S/C17H31NO2/c1-3-8-18-16(13(2)14-4-5-14)15-6-9-20-17(11-15)7-10-19-12-17/h13-16,18H,3-12H2,1-2H3. The van der Waals surface area contributed by atoms with E-state index in [0.29, 0.717) is 6.04 Å². The van der Waals surface area contributed by atoms with Crippen molar-refractivity contribution in [1.82, 2.24) is 5.32 Å². The molecule has 3 rings (SSSR count). The highest BCUT2D eigenvalue weighted by Crippen LogP contribution is 2.44. The van der Waals surface area contributed by atoms with Crippen LogP contribution in [-0.4, -0.2) is 38.0 Å². The highest BCUT2D eigenvalue weighted by Gasteiger charge is 2.45. The van der Waals surface area contributed by atoms with E-state index >= 15 is 0 Å². The molecule has 0 bridgehead atoms. The van der Waals surface area contributed by atoms with E-state index in [1.807, 2.05) is 0 Å². The summed E-state index contributed by atoms with van der Waals surface area (Å²) in [5.41, 5.74) is 0.0539. The van der Waals surface area contributed by atoms with Gasteiger partial charge in [-0.15, -0.1) is 0 Å². The van der Waals surface area contributed by atoms with Gasteiger partial charge in [-0.25, -0.2) is 0 Å². The Morgan fingerprint density at radius 2 is 2.05 bits per heavy atom. The minimum atomic E-state index is 0.0539. The average Bonchev–Trinajstić information content (AvgIpc) is 3.22. The Bertz CT molecular complexity index is 310. The number of nitrogens with one attached hydrogen (secondary N) is 1. The maximum Gasteiger partial charge on any atom is 0.0939 e. The molecule has 3 fully saturated rings. The van der Waals surface area contributed by atoms with Gasteiger partial charge in [0.05, 0.1) is 12.2 Å². The first-order chi connectivity index (χ1) is 9.74. The second-order valence-corrected chi connectivity index (χ2v) is 7.26. The van der Waals surface area contributed by atoms with Gasteiger partial charge < -0.3 is 14.8 Å². The summed E-state index contributed by atoms with van der Waals surface area (Å²) in [6, 6.07) is 0.684. The maximum absolute atomic E-state index is 6.11. The Hall–Kier alpha value is -0.120. The first kappa shape index (κ1) is 14.8. The summed E-state index contributed by atoms with van der Waals surface area (Å²) in [6.45, 7) is 8.53. The number of hydrogen-bond donors (Lipinski definition) is 1. The smallest absolute Gasteiger partial charge is 0.0939 e. The molecule has 116 valence electrons. The summed E-state index contributed by atoms with van der Waals surface area (Å²) in [5.74, 6) is 2.57. The SMILES string of the molecule is CCCNC(C1CCOC2(CCOC2)C1)C(C)C1CC1. The van der Waals surface area contributed by atoms with Crippen molar-refractivity contribution in [3.8, 4) is 0 Å². The van der Waals surface area contributed by atoms with Crippen LogP contribution in [0.2, 0.25) is 0 Å². The molecule has 0 radical (unpaired) electrons. The zero-order valence-corrected chi connectivity index (χ0v) is 13.2. The van der Waals surface area contributed by atoms with Gasteiger partial charge in [0.15, 0.2) is 0 Å². The minimum absolute atomic E-state index is 0.0539. The lowest BCUT2D eigenvalue weighted by Gasteiger charge is -2.42. The molecule has 1 aliphatic carbocycles.